The molecule has 7 aliphatic carbocycles. The van der Waals surface area contributed by atoms with Crippen LogP contribution >= 0.6 is 0 Å². The van der Waals surface area contributed by atoms with Crippen LogP contribution in [0.5, 0.6) is 0 Å². The number of aryl methyl sites for hydroxylation is 6. The Morgan fingerprint density at radius 1 is 0.279 bits per heavy atom. The number of benzene rings is 3. The molecule has 4 saturated carbocycles. The van der Waals surface area contributed by atoms with Crippen LogP contribution in [0.15, 0.2) is 84.0 Å². The Bertz CT molecular complexity index is 2000. The van der Waals surface area contributed by atoms with Crippen LogP contribution in [0.2, 0.25) is 0 Å². The second kappa shape index (κ2) is 48.5. The minimum absolute atomic E-state index is 0. The average molecular weight is 1200 g/mol. The van der Waals surface area contributed by atoms with Gasteiger partial charge in [0.05, 0.1) is 0 Å². The Morgan fingerprint density at radius 3 is 0.663 bits per heavy atom. The van der Waals surface area contributed by atoms with Gasteiger partial charge in [0.15, 0.2) is 11.6 Å². The Morgan fingerprint density at radius 2 is 0.500 bits per heavy atom. The highest BCUT2D eigenvalue weighted by Crippen LogP contribution is 2.30. The Kier molecular flexibility index (Phi) is 47.7. The average Bonchev–Trinajstić information content (AvgIpc) is 3.62. The normalized spacial score (nSPS) is 27.0. The zero-order valence-corrected chi connectivity index (χ0v) is 58.3. The van der Waals surface area contributed by atoms with Gasteiger partial charge in [-0.05, 0) is 223 Å². The van der Waals surface area contributed by atoms with Crippen LogP contribution in [0.3, 0.4) is 0 Å². The monoisotopic (exact) mass is 1200 g/mol. The summed E-state index contributed by atoms with van der Waals surface area (Å²) in [5.41, 5.74) is 7.23. The van der Waals surface area contributed by atoms with Crippen molar-refractivity contribution in [2.45, 2.75) is 307 Å². The molecule has 0 saturated heterocycles. The van der Waals surface area contributed by atoms with Gasteiger partial charge in [-0.25, -0.2) is 17.6 Å². The molecule has 3 aromatic carbocycles. The fraction of sp³-hybridized carbons (Fsp3) is 0.707. The van der Waals surface area contributed by atoms with Crippen molar-refractivity contribution in [2.24, 2.45) is 71.0 Å². The molecule has 0 aliphatic heterocycles. The summed E-state index contributed by atoms with van der Waals surface area (Å²) >= 11 is 0. The third kappa shape index (κ3) is 42.5. The number of hydrogen-bond donors (Lipinski definition) is 0. The molecule has 0 nitrogen and oxygen atoms in total. The minimum atomic E-state index is -0.736. The molecule has 0 radical (unpaired) electrons. The summed E-state index contributed by atoms with van der Waals surface area (Å²) < 4.78 is 50.4. The molecule has 0 N–H and O–H groups in total. The van der Waals surface area contributed by atoms with Gasteiger partial charge in [0, 0.05) is 0 Å². The first-order chi connectivity index (χ1) is 39.5. The summed E-state index contributed by atoms with van der Waals surface area (Å²) in [5, 5.41) is 0. The largest absolute Gasteiger partial charge is 0.207 e. The summed E-state index contributed by atoms with van der Waals surface area (Å²) in [7, 11) is 0. The molecule has 4 atom stereocenters. The maximum Gasteiger partial charge on any atom is 0.161 e. The van der Waals surface area contributed by atoms with Gasteiger partial charge in [-0.3, -0.25) is 0 Å². The van der Waals surface area contributed by atoms with E-state index in [0.717, 1.165) is 82.1 Å². The van der Waals surface area contributed by atoms with Crippen LogP contribution in [0.1, 0.15) is 299 Å². The molecule has 0 amide bonds. The highest BCUT2D eigenvalue weighted by atomic mass is 19.2. The van der Waals surface area contributed by atoms with E-state index >= 15 is 0 Å². The summed E-state index contributed by atoms with van der Waals surface area (Å²) in [6.45, 7) is 42.9. The molecule has 86 heavy (non-hydrogen) atoms. The SMILES string of the molecule is C.C.CC1=CCC(C)CC1.CC1=CCC(C)CC1.CC1C=CC(C)CC1.CC1CCC(C)CC1.CC1CCC(C)CC1.CC1CCC(C)CC1.CC1CCC(C)CC1.Cc1ccc(C)c(F)c1.Cc1ccc(C)c(F)c1.Cc1ccc(C)c(F)c1F. The van der Waals surface area contributed by atoms with Crippen molar-refractivity contribution in [3.05, 3.63) is 141 Å². The van der Waals surface area contributed by atoms with Crippen molar-refractivity contribution < 1.29 is 17.6 Å². The molecular formula is C82H140F4. The lowest BCUT2D eigenvalue weighted by molar-refractivity contribution is 0.308. The highest BCUT2D eigenvalue weighted by Gasteiger charge is 2.16. The van der Waals surface area contributed by atoms with E-state index in [9.17, 15) is 17.6 Å². The Balaban J connectivity index is 0. The molecule has 496 valence electrons. The summed E-state index contributed by atoms with van der Waals surface area (Å²) in [6.07, 6.45) is 43.8. The van der Waals surface area contributed by atoms with Crippen LogP contribution < -0.4 is 0 Å². The Labute approximate surface area is 534 Å². The molecular weight excluding hydrogens is 1060 g/mol. The zero-order valence-electron chi connectivity index (χ0n) is 58.3. The molecule has 0 spiro atoms. The van der Waals surface area contributed by atoms with Crippen molar-refractivity contribution in [2.75, 3.05) is 0 Å². The Hall–Kier alpha value is -3.40. The van der Waals surface area contributed by atoms with E-state index in [1.54, 1.807) is 49.3 Å². The molecule has 0 bridgehead atoms. The fourth-order valence-electron chi connectivity index (χ4n) is 11.1. The van der Waals surface area contributed by atoms with Gasteiger partial charge in [-0.1, -0.05) is 273 Å². The number of rotatable bonds is 0. The number of halogens is 4. The highest BCUT2D eigenvalue weighted by molar-refractivity contribution is 5.24. The molecule has 3 aromatic rings. The lowest BCUT2D eigenvalue weighted by atomic mass is 9.84. The summed E-state index contributed by atoms with van der Waals surface area (Å²) in [6, 6.07) is 13.6. The molecule has 4 unspecified atom stereocenters. The van der Waals surface area contributed by atoms with E-state index in [1.165, 1.54) is 180 Å². The quantitative estimate of drug-likeness (QED) is 0.155. The molecule has 0 aromatic heterocycles. The molecule has 0 heterocycles. The maximum absolute atomic E-state index is 12.6. The molecule has 10 rings (SSSR count). The van der Waals surface area contributed by atoms with Gasteiger partial charge >= 0.3 is 0 Å². The van der Waals surface area contributed by atoms with Gasteiger partial charge in [-0.2, -0.15) is 0 Å². The fourth-order valence-corrected chi connectivity index (χ4v) is 11.1. The molecule has 4 heteroatoms. The van der Waals surface area contributed by atoms with Crippen LogP contribution in [0, 0.1) is 136 Å². The minimum Gasteiger partial charge on any atom is -0.207 e. The first-order valence-corrected chi connectivity index (χ1v) is 34.4. The number of hydrogen-bond acceptors (Lipinski definition) is 0. The predicted octanol–water partition coefficient (Wildman–Crippen LogP) is 28.2. The van der Waals surface area contributed by atoms with Gasteiger partial charge < -0.3 is 0 Å². The zero-order chi connectivity index (χ0) is 63.3. The van der Waals surface area contributed by atoms with Gasteiger partial charge in [0.25, 0.3) is 0 Å². The van der Waals surface area contributed by atoms with E-state index in [0.29, 0.717) is 22.3 Å². The van der Waals surface area contributed by atoms with E-state index in [2.05, 4.69) is 121 Å². The van der Waals surface area contributed by atoms with Gasteiger partial charge in [-0.15, -0.1) is 0 Å². The molecule has 4 fully saturated rings. The van der Waals surface area contributed by atoms with E-state index in [-0.39, 0.29) is 26.5 Å². The third-order valence-corrected chi connectivity index (χ3v) is 19.0. The lowest BCUT2D eigenvalue weighted by Crippen LogP contribution is -2.08. The van der Waals surface area contributed by atoms with E-state index in [4.69, 9.17) is 0 Å². The first kappa shape index (κ1) is 84.7. The van der Waals surface area contributed by atoms with Gasteiger partial charge in [0.2, 0.25) is 0 Å². The van der Waals surface area contributed by atoms with Crippen molar-refractivity contribution >= 4 is 0 Å². The second-order valence-electron chi connectivity index (χ2n) is 29.1. The topological polar surface area (TPSA) is 0 Å². The second-order valence-corrected chi connectivity index (χ2v) is 29.1. The van der Waals surface area contributed by atoms with Crippen molar-refractivity contribution in [3.63, 3.8) is 0 Å². The van der Waals surface area contributed by atoms with Crippen molar-refractivity contribution in [1.82, 2.24) is 0 Å². The van der Waals surface area contributed by atoms with Crippen LogP contribution in [0.25, 0.3) is 0 Å². The van der Waals surface area contributed by atoms with E-state index in [1.807, 2.05) is 26.0 Å². The number of allylic oxidation sites excluding steroid dienone is 6. The predicted molar refractivity (Wildman–Crippen MR) is 378 cm³/mol. The first-order valence-electron chi connectivity index (χ1n) is 34.4. The van der Waals surface area contributed by atoms with E-state index < -0.39 is 11.6 Å². The summed E-state index contributed by atoms with van der Waals surface area (Å²) in [4.78, 5) is 0. The van der Waals surface area contributed by atoms with Crippen LogP contribution in [-0.2, 0) is 0 Å². The molecule has 7 aliphatic rings. The van der Waals surface area contributed by atoms with Crippen LogP contribution in [0.4, 0.5) is 17.6 Å². The maximum atomic E-state index is 12.6. The standard InChI is InChI=1S/C8H8F2.2C8H9F.4C8H16.3C8H14.2CH4/c1-5-3-4-6(2)8(10)7(5)9;2*1-6-3-4-7(2)8(9)5-6;7*1-7-3-5-8(2)6-4-7;;/h3-4H,1-2H3;2*3-5H,1-2H3;4*7-8H,3-6H2,1-2H3;2*3,8H,4-6H2,1-2H3;3,5,7-8H,4,6H2,1-2H3;2*1H4. The third-order valence-electron chi connectivity index (χ3n) is 19.0. The smallest absolute Gasteiger partial charge is 0.161 e. The van der Waals surface area contributed by atoms with Crippen molar-refractivity contribution in [3.8, 4) is 0 Å². The van der Waals surface area contributed by atoms with Crippen LogP contribution in [-0.4, -0.2) is 0 Å². The van der Waals surface area contributed by atoms with Crippen molar-refractivity contribution in [1.29, 1.82) is 0 Å². The lowest BCUT2D eigenvalue weighted by Gasteiger charge is -2.22. The summed E-state index contributed by atoms with van der Waals surface area (Å²) in [5.74, 6) is 10.0. The van der Waals surface area contributed by atoms with Gasteiger partial charge in [0.1, 0.15) is 11.6 Å².